The van der Waals surface area contributed by atoms with Crippen LogP contribution in [-0.4, -0.2) is 65.1 Å². The zero-order valence-electron chi connectivity index (χ0n) is 22.3. The Kier molecular flexibility index (Phi) is 9.36. The number of halogens is 1. The van der Waals surface area contributed by atoms with Crippen LogP contribution in [0, 0.1) is 11.3 Å². The Balaban J connectivity index is 1.70. The van der Waals surface area contributed by atoms with E-state index in [1.54, 1.807) is 36.5 Å². The topological polar surface area (TPSA) is 160 Å². The monoisotopic (exact) mass is 578 g/mol. The average molecular weight is 579 g/mol. The fourth-order valence-corrected chi connectivity index (χ4v) is 4.50. The van der Waals surface area contributed by atoms with Crippen molar-refractivity contribution in [2.24, 2.45) is 0 Å². The number of rotatable bonds is 11. The highest BCUT2D eigenvalue weighted by Gasteiger charge is 2.25. The first-order chi connectivity index (χ1) is 19.8. The van der Waals surface area contributed by atoms with Crippen molar-refractivity contribution in [2.75, 3.05) is 39.3 Å². The molecule has 0 saturated carbocycles. The number of nitrogens with one attached hydrogen (secondary N) is 2. The minimum absolute atomic E-state index is 0.0833. The molecular weight excluding hydrogens is 552 g/mol. The van der Waals surface area contributed by atoms with Gasteiger partial charge in [-0.05, 0) is 30.3 Å². The number of carbonyl (C=O) groups is 2. The molecule has 1 atom stereocenters. The normalized spacial score (nSPS) is 11.6. The van der Waals surface area contributed by atoms with Crippen molar-refractivity contribution >= 4 is 34.6 Å². The predicted molar refractivity (Wildman–Crippen MR) is 151 cm³/mol. The van der Waals surface area contributed by atoms with Gasteiger partial charge in [-0.1, -0.05) is 11.6 Å². The second kappa shape index (κ2) is 13.1. The zero-order valence-corrected chi connectivity index (χ0v) is 23.0. The molecule has 3 aromatic heterocycles. The van der Waals surface area contributed by atoms with E-state index in [1.165, 1.54) is 41.8 Å². The lowest BCUT2D eigenvalue weighted by molar-refractivity contribution is -0.119. The minimum Gasteiger partial charge on any atom is -0.495 e. The number of amides is 2. The fourth-order valence-electron chi connectivity index (χ4n) is 4.33. The second-order valence-electron chi connectivity index (χ2n) is 8.87. The fraction of sp³-hybridized carbons (Fsp3) is 0.250. The lowest BCUT2D eigenvalue weighted by atomic mass is 10.00. The number of ether oxygens (including phenoxy) is 2. The van der Waals surface area contributed by atoms with Crippen LogP contribution in [-0.2, 0) is 9.53 Å². The molecule has 1 unspecified atom stereocenters. The van der Waals surface area contributed by atoms with Gasteiger partial charge in [0.05, 0.1) is 48.8 Å². The Morgan fingerprint density at radius 2 is 2.00 bits per heavy atom. The van der Waals surface area contributed by atoms with Crippen LogP contribution in [0.2, 0.25) is 5.02 Å². The number of methoxy groups -OCH3 is 2. The molecule has 0 aliphatic carbocycles. The molecule has 0 fully saturated rings. The van der Waals surface area contributed by atoms with Crippen molar-refractivity contribution in [3.63, 3.8) is 0 Å². The molecule has 4 rings (SSSR count). The molecule has 0 spiro atoms. The van der Waals surface area contributed by atoms with Crippen molar-refractivity contribution in [3.8, 4) is 22.9 Å². The van der Waals surface area contributed by atoms with Crippen LogP contribution < -0.4 is 20.9 Å². The van der Waals surface area contributed by atoms with Gasteiger partial charge in [-0.3, -0.25) is 19.0 Å². The van der Waals surface area contributed by atoms with E-state index in [4.69, 9.17) is 26.2 Å². The standard InChI is InChI=1S/C28H27ClN6O6/c1-40-10-6-23(28(39)33-19-5-8-35-24(12-19)22(15-32-35)27(38)31-7-9-36)34-16-25(41-2)21(13-26(34)37)20-11-18(29)4-3-17(20)14-30/h3-5,8,11-13,15-16,23,36H,6-7,9-10H2,1-2H3,(H,31,38)(H,33,39). The summed E-state index contributed by atoms with van der Waals surface area (Å²) in [5.41, 5.74) is 1.65. The molecule has 3 heterocycles. The van der Waals surface area contributed by atoms with Crippen LogP contribution in [0.3, 0.4) is 0 Å². The lowest BCUT2D eigenvalue weighted by Gasteiger charge is -2.21. The maximum atomic E-state index is 13.5. The second-order valence-corrected chi connectivity index (χ2v) is 9.31. The molecule has 0 aliphatic heterocycles. The molecule has 12 nitrogen and oxygen atoms in total. The van der Waals surface area contributed by atoms with Crippen LogP contribution in [0.4, 0.5) is 5.69 Å². The molecule has 1 aromatic carbocycles. The summed E-state index contributed by atoms with van der Waals surface area (Å²) in [7, 11) is 2.91. The van der Waals surface area contributed by atoms with Gasteiger partial charge in [0, 0.05) is 60.8 Å². The van der Waals surface area contributed by atoms with Gasteiger partial charge in [0.15, 0.2) is 0 Å². The van der Waals surface area contributed by atoms with Gasteiger partial charge in [0.2, 0.25) is 5.91 Å². The van der Waals surface area contributed by atoms with Crippen molar-refractivity contribution in [2.45, 2.75) is 12.5 Å². The minimum atomic E-state index is -0.992. The first-order valence-electron chi connectivity index (χ1n) is 12.5. The molecule has 0 saturated heterocycles. The van der Waals surface area contributed by atoms with Gasteiger partial charge < -0.3 is 25.2 Å². The quantitative estimate of drug-likeness (QED) is 0.245. The van der Waals surface area contributed by atoms with Gasteiger partial charge in [-0.15, -0.1) is 0 Å². The van der Waals surface area contributed by atoms with Gasteiger partial charge >= 0.3 is 0 Å². The summed E-state index contributed by atoms with van der Waals surface area (Å²) in [5.74, 6) is -0.666. The van der Waals surface area contributed by atoms with Crippen molar-refractivity contribution in [3.05, 3.63) is 81.5 Å². The molecule has 4 aromatic rings. The van der Waals surface area contributed by atoms with Gasteiger partial charge in [0.1, 0.15) is 11.8 Å². The average Bonchev–Trinajstić information content (AvgIpc) is 3.40. The number of anilines is 1. The smallest absolute Gasteiger partial charge is 0.255 e. The third-order valence-electron chi connectivity index (χ3n) is 6.32. The highest BCUT2D eigenvalue weighted by molar-refractivity contribution is 6.31. The number of hydrogen-bond donors (Lipinski definition) is 3. The molecule has 2 amide bonds. The van der Waals surface area contributed by atoms with Crippen LogP contribution >= 0.6 is 11.6 Å². The Morgan fingerprint density at radius 3 is 2.71 bits per heavy atom. The van der Waals surface area contributed by atoms with Crippen LogP contribution in [0.25, 0.3) is 16.6 Å². The molecular formula is C28H27ClN6O6. The third kappa shape index (κ3) is 6.38. The number of nitrogens with zero attached hydrogens (tertiary/aromatic N) is 4. The first kappa shape index (κ1) is 29.3. The molecule has 41 heavy (non-hydrogen) atoms. The SMILES string of the molecule is COCCC(C(=O)Nc1ccn2ncc(C(=O)NCCO)c2c1)n1cc(OC)c(-c2cc(Cl)ccc2C#N)cc1=O. The Labute approximate surface area is 239 Å². The van der Waals surface area contributed by atoms with Crippen molar-refractivity contribution in [1.29, 1.82) is 5.26 Å². The van der Waals surface area contributed by atoms with E-state index in [1.807, 2.05) is 0 Å². The summed E-state index contributed by atoms with van der Waals surface area (Å²) in [6, 6.07) is 10.3. The Bertz CT molecular complexity index is 1690. The summed E-state index contributed by atoms with van der Waals surface area (Å²) >= 11 is 6.16. The highest BCUT2D eigenvalue weighted by Crippen LogP contribution is 2.33. The summed E-state index contributed by atoms with van der Waals surface area (Å²) < 4.78 is 13.5. The van der Waals surface area contributed by atoms with Gasteiger partial charge in [0.25, 0.3) is 11.5 Å². The highest BCUT2D eigenvalue weighted by atomic mass is 35.5. The number of fused-ring (bicyclic) bond motifs is 1. The van der Waals surface area contributed by atoms with E-state index < -0.39 is 23.4 Å². The van der Waals surface area contributed by atoms with Gasteiger partial charge in [-0.25, -0.2) is 4.52 Å². The van der Waals surface area contributed by atoms with E-state index in [0.717, 1.165) is 0 Å². The molecule has 212 valence electrons. The van der Waals surface area contributed by atoms with Crippen molar-refractivity contribution in [1.82, 2.24) is 19.5 Å². The van der Waals surface area contributed by atoms with Crippen LogP contribution in [0.15, 0.2) is 59.8 Å². The third-order valence-corrected chi connectivity index (χ3v) is 6.56. The zero-order chi connectivity index (χ0) is 29.5. The Morgan fingerprint density at radius 1 is 1.20 bits per heavy atom. The van der Waals surface area contributed by atoms with Crippen LogP contribution in [0.5, 0.6) is 5.75 Å². The summed E-state index contributed by atoms with van der Waals surface area (Å²) in [6.45, 7) is 0.0526. The maximum Gasteiger partial charge on any atom is 0.255 e. The first-order valence-corrected chi connectivity index (χ1v) is 12.9. The predicted octanol–water partition coefficient (Wildman–Crippen LogP) is 2.64. The summed E-state index contributed by atoms with van der Waals surface area (Å²) in [4.78, 5) is 39.4. The molecule has 0 aliphatic rings. The van der Waals surface area contributed by atoms with Crippen LogP contribution in [0.1, 0.15) is 28.4 Å². The summed E-state index contributed by atoms with van der Waals surface area (Å²) in [5, 5.41) is 28.5. The number of pyridine rings is 2. The van der Waals surface area contributed by atoms with E-state index in [2.05, 4.69) is 21.8 Å². The van der Waals surface area contributed by atoms with Gasteiger partial charge in [-0.2, -0.15) is 10.4 Å². The molecule has 3 N–H and O–H groups in total. The van der Waals surface area contributed by atoms with E-state index in [0.29, 0.717) is 32.9 Å². The Hall–Kier alpha value is -4.70. The molecule has 0 radical (unpaired) electrons. The number of carbonyl (C=O) groups excluding carboxylic acids is 2. The number of aromatic nitrogens is 3. The number of hydrogen-bond acceptors (Lipinski definition) is 8. The van der Waals surface area contributed by atoms with E-state index in [9.17, 15) is 19.6 Å². The number of aliphatic hydroxyl groups excluding tert-OH is 1. The van der Waals surface area contributed by atoms with Crippen molar-refractivity contribution < 1.29 is 24.2 Å². The maximum absolute atomic E-state index is 13.5. The molecule has 13 heteroatoms. The largest absolute Gasteiger partial charge is 0.495 e. The van der Waals surface area contributed by atoms with E-state index in [-0.39, 0.29) is 37.5 Å². The number of aliphatic hydroxyl groups is 1. The lowest BCUT2D eigenvalue weighted by Crippen LogP contribution is -2.34. The van der Waals surface area contributed by atoms with E-state index >= 15 is 0 Å². The molecule has 0 bridgehead atoms. The number of benzene rings is 1. The summed E-state index contributed by atoms with van der Waals surface area (Å²) in [6.07, 6.45) is 4.55. The number of nitriles is 1.